The maximum atomic E-state index is 14.0. The lowest BCUT2D eigenvalue weighted by Crippen LogP contribution is -2.54. The Kier molecular flexibility index (Phi) is 10.6. The van der Waals surface area contributed by atoms with Crippen molar-refractivity contribution in [3.8, 4) is 17.2 Å². The van der Waals surface area contributed by atoms with Crippen molar-refractivity contribution in [3.63, 3.8) is 0 Å². The van der Waals surface area contributed by atoms with Gasteiger partial charge in [-0.3, -0.25) is 9.69 Å². The molecule has 1 aliphatic rings. The summed E-state index contributed by atoms with van der Waals surface area (Å²) in [5, 5.41) is 19.5. The molecule has 1 saturated heterocycles. The van der Waals surface area contributed by atoms with Crippen LogP contribution in [0.15, 0.2) is 72.8 Å². The first-order chi connectivity index (χ1) is 22.6. The number of ether oxygens (including phenoxy) is 1. The number of amides is 2. The lowest BCUT2D eigenvalue weighted by atomic mass is 9.93. The molecule has 1 fully saturated rings. The number of rotatable bonds is 11. The van der Waals surface area contributed by atoms with E-state index in [4.69, 9.17) is 15.0 Å². The average Bonchev–Trinajstić information content (AvgIpc) is 3.43. The van der Waals surface area contributed by atoms with E-state index in [0.717, 1.165) is 59.4 Å². The van der Waals surface area contributed by atoms with Crippen molar-refractivity contribution < 1.29 is 19.4 Å². The largest absolute Gasteiger partial charge is 0.465 e. The minimum absolute atomic E-state index is 0.0357. The molecule has 2 atom stereocenters. The first kappa shape index (κ1) is 33.7. The van der Waals surface area contributed by atoms with E-state index in [9.17, 15) is 14.7 Å². The molecule has 0 aliphatic carbocycles. The molecular formula is C38H45N5O4. The van der Waals surface area contributed by atoms with Gasteiger partial charge in [-0.05, 0) is 87.4 Å². The van der Waals surface area contributed by atoms with Gasteiger partial charge in [0.25, 0.3) is 0 Å². The van der Waals surface area contributed by atoms with E-state index in [2.05, 4.69) is 16.7 Å². The maximum Gasteiger partial charge on any atom is 0.408 e. The molecule has 9 heteroatoms. The fourth-order valence-corrected chi connectivity index (χ4v) is 6.84. The fraction of sp³-hybridized carbons (Fsp3) is 0.421. The summed E-state index contributed by atoms with van der Waals surface area (Å²) in [4.78, 5) is 35.1. The summed E-state index contributed by atoms with van der Waals surface area (Å²) in [7, 11) is 1.71. The zero-order chi connectivity index (χ0) is 33.6. The molecule has 47 heavy (non-hydrogen) atoms. The molecular weight excluding hydrogens is 590 g/mol. The molecule has 0 spiro atoms. The number of likely N-dealkylation sites (tertiary alicyclic amines) is 1. The van der Waals surface area contributed by atoms with Crippen molar-refractivity contribution in [2.24, 2.45) is 0 Å². The van der Waals surface area contributed by atoms with Gasteiger partial charge in [-0.15, -0.1) is 0 Å². The summed E-state index contributed by atoms with van der Waals surface area (Å²) in [6.45, 7) is 8.27. The highest BCUT2D eigenvalue weighted by Crippen LogP contribution is 2.31. The number of para-hydroxylation sites is 2. The number of fused-ring (bicyclic) bond motifs is 1. The number of hydrogen-bond donors (Lipinski definition) is 1. The number of methoxy groups -OCH3 is 1. The molecule has 5 rings (SSSR count). The highest BCUT2D eigenvalue weighted by molar-refractivity contribution is 5.79. The number of aromatic nitrogens is 2. The SMILES string of the molecule is COCCCn1c([C@@H]2CCCN(C(=O)C[C@@H](Cc3ccc(-c4ccc(C#N)cc4)cc3)N(C(=O)O)C(C)(C)C)C2)nc2ccccc21. The Morgan fingerprint density at radius 1 is 1.06 bits per heavy atom. The van der Waals surface area contributed by atoms with Crippen LogP contribution < -0.4 is 0 Å². The number of carboxylic acid groups (broad SMARTS) is 1. The van der Waals surface area contributed by atoms with Gasteiger partial charge < -0.3 is 19.3 Å². The lowest BCUT2D eigenvalue weighted by Gasteiger charge is -2.41. The number of piperidine rings is 1. The van der Waals surface area contributed by atoms with Gasteiger partial charge in [0.05, 0.1) is 22.7 Å². The Balaban J connectivity index is 1.35. The topological polar surface area (TPSA) is 112 Å². The van der Waals surface area contributed by atoms with E-state index >= 15 is 0 Å². The molecule has 4 aromatic rings. The van der Waals surface area contributed by atoms with Crippen LogP contribution in [-0.2, 0) is 22.5 Å². The quantitative estimate of drug-likeness (QED) is 0.176. The molecule has 0 unspecified atom stereocenters. The first-order valence-electron chi connectivity index (χ1n) is 16.4. The normalized spacial score (nSPS) is 15.7. The van der Waals surface area contributed by atoms with E-state index in [0.29, 0.717) is 31.7 Å². The number of carbonyl (C=O) groups excluding carboxylic acids is 1. The second kappa shape index (κ2) is 14.8. The standard InChI is InChI=1S/C38H45N5O4/c1-38(2,3)43(37(45)46)32(23-27-12-16-29(17-13-27)30-18-14-28(25-39)15-19-30)24-35(44)41-20-7-9-31(26-41)36-40-33-10-5-6-11-34(33)42(36)21-8-22-47-4/h5-6,10-19,31-32H,7-9,20-24,26H2,1-4H3,(H,45,46)/t31-,32-/m1/s1. The molecule has 2 heterocycles. The fourth-order valence-electron chi connectivity index (χ4n) is 6.84. The summed E-state index contributed by atoms with van der Waals surface area (Å²) in [5.41, 5.74) is 4.91. The van der Waals surface area contributed by atoms with Crippen molar-refractivity contribution >= 4 is 23.0 Å². The van der Waals surface area contributed by atoms with Crippen molar-refractivity contribution in [2.75, 3.05) is 26.8 Å². The highest BCUT2D eigenvalue weighted by Gasteiger charge is 2.36. The van der Waals surface area contributed by atoms with Gasteiger partial charge in [0.1, 0.15) is 5.82 Å². The van der Waals surface area contributed by atoms with Crippen molar-refractivity contribution in [1.82, 2.24) is 19.4 Å². The zero-order valence-corrected chi connectivity index (χ0v) is 27.9. The van der Waals surface area contributed by atoms with Crippen LogP contribution in [0.5, 0.6) is 0 Å². The van der Waals surface area contributed by atoms with Crippen LogP contribution in [0.3, 0.4) is 0 Å². The number of benzene rings is 3. The van der Waals surface area contributed by atoms with Gasteiger partial charge in [-0.2, -0.15) is 5.26 Å². The van der Waals surface area contributed by atoms with Gasteiger partial charge in [0.2, 0.25) is 5.91 Å². The second-order valence-corrected chi connectivity index (χ2v) is 13.4. The van der Waals surface area contributed by atoms with E-state index in [1.807, 2.05) is 80.3 Å². The van der Waals surface area contributed by atoms with Crippen LogP contribution in [0, 0.1) is 11.3 Å². The van der Waals surface area contributed by atoms with Gasteiger partial charge in [-0.25, -0.2) is 9.78 Å². The third kappa shape index (κ3) is 8.01. The van der Waals surface area contributed by atoms with E-state index in [1.54, 1.807) is 19.2 Å². The Morgan fingerprint density at radius 2 is 1.74 bits per heavy atom. The predicted octanol–water partition coefficient (Wildman–Crippen LogP) is 7.10. The summed E-state index contributed by atoms with van der Waals surface area (Å²) >= 11 is 0. The van der Waals surface area contributed by atoms with E-state index in [1.165, 1.54) is 4.90 Å². The number of carbonyl (C=O) groups is 2. The van der Waals surface area contributed by atoms with Gasteiger partial charge in [0.15, 0.2) is 0 Å². The number of hydrogen-bond acceptors (Lipinski definition) is 5. The molecule has 0 radical (unpaired) electrons. The predicted molar refractivity (Wildman–Crippen MR) is 183 cm³/mol. The average molecular weight is 636 g/mol. The lowest BCUT2D eigenvalue weighted by molar-refractivity contribution is -0.134. The zero-order valence-electron chi connectivity index (χ0n) is 27.9. The molecule has 1 aromatic heterocycles. The van der Waals surface area contributed by atoms with Crippen molar-refractivity contribution in [1.29, 1.82) is 5.26 Å². The summed E-state index contributed by atoms with van der Waals surface area (Å²) in [6, 6.07) is 25.2. The first-order valence-corrected chi connectivity index (χ1v) is 16.4. The van der Waals surface area contributed by atoms with Crippen LogP contribution >= 0.6 is 0 Å². The number of nitriles is 1. The third-order valence-electron chi connectivity index (χ3n) is 9.03. The van der Waals surface area contributed by atoms with Crippen molar-refractivity contribution in [2.45, 2.75) is 76.9 Å². The van der Waals surface area contributed by atoms with Crippen LogP contribution in [0.25, 0.3) is 22.2 Å². The minimum atomic E-state index is -1.04. The minimum Gasteiger partial charge on any atom is -0.465 e. The van der Waals surface area contributed by atoms with Gasteiger partial charge >= 0.3 is 6.09 Å². The molecule has 0 bridgehead atoms. The molecule has 3 aromatic carbocycles. The number of aryl methyl sites for hydroxylation is 1. The highest BCUT2D eigenvalue weighted by atomic mass is 16.5. The molecule has 0 saturated carbocycles. The maximum absolute atomic E-state index is 14.0. The number of nitrogens with zero attached hydrogens (tertiary/aromatic N) is 5. The Morgan fingerprint density at radius 3 is 2.38 bits per heavy atom. The summed E-state index contributed by atoms with van der Waals surface area (Å²) in [5.74, 6) is 1.06. The van der Waals surface area contributed by atoms with Crippen LogP contribution in [0.4, 0.5) is 4.79 Å². The summed E-state index contributed by atoms with van der Waals surface area (Å²) < 4.78 is 7.60. The molecule has 1 aliphatic heterocycles. The van der Waals surface area contributed by atoms with E-state index in [-0.39, 0.29) is 18.2 Å². The monoisotopic (exact) mass is 635 g/mol. The van der Waals surface area contributed by atoms with E-state index < -0.39 is 17.7 Å². The van der Waals surface area contributed by atoms with Crippen LogP contribution in [-0.4, -0.2) is 74.8 Å². The Labute approximate surface area is 277 Å². The summed E-state index contributed by atoms with van der Waals surface area (Å²) in [6.07, 6.45) is 2.14. The molecule has 9 nitrogen and oxygen atoms in total. The molecule has 246 valence electrons. The Bertz CT molecular complexity index is 1720. The van der Waals surface area contributed by atoms with Gasteiger partial charge in [-0.1, -0.05) is 48.5 Å². The molecule has 2 amide bonds. The van der Waals surface area contributed by atoms with Crippen LogP contribution in [0.1, 0.15) is 69.3 Å². The molecule has 1 N–H and O–H groups in total. The smallest absolute Gasteiger partial charge is 0.408 e. The number of imidazole rings is 1. The van der Waals surface area contributed by atoms with Crippen molar-refractivity contribution in [3.05, 3.63) is 89.7 Å². The van der Waals surface area contributed by atoms with Crippen LogP contribution in [0.2, 0.25) is 0 Å². The second-order valence-electron chi connectivity index (χ2n) is 13.4. The Hall–Kier alpha value is -4.68. The third-order valence-corrected chi connectivity index (χ3v) is 9.03. The van der Waals surface area contributed by atoms with Gasteiger partial charge in [0, 0.05) is 57.3 Å².